The average Bonchev–Trinajstić information content (AvgIpc) is 2.75. The first-order valence-electron chi connectivity index (χ1n) is 10.4. The first-order valence-corrected chi connectivity index (χ1v) is 10.4. The third-order valence-corrected chi connectivity index (χ3v) is 4.31. The predicted octanol–water partition coefficient (Wildman–Crippen LogP) is 5.24. The molecule has 3 N–H and O–H groups in total. The number of hydrogen-bond donors (Lipinski definition) is 3. The number of rotatable bonds is 5. The predicted molar refractivity (Wildman–Crippen MR) is 128 cm³/mol. The molecular weight excluding hydrogens is 420 g/mol. The number of benzene rings is 2. The largest absolute Gasteiger partial charge is 0.444 e. The van der Waals surface area contributed by atoms with Crippen LogP contribution in [0.3, 0.4) is 0 Å². The van der Waals surface area contributed by atoms with E-state index in [9.17, 15) is 14.4 Å². The molecule has 170 valence electrons. The molecule has 0 aliphatic heterocycles. The van der Waals surface area contributed by atoms with E-state index in [2.05, 4.69) is 20.9 Å². The van der Waals surface area contributed by atoms with Gasteiger partial charge in [-0.15, -0.1) is 0 Å². The van der Waals surface area contributed by atoms with Gasteiger partial charge in [-0.2, -0.15) is 0 Å². The van der Waals surface area contributed by atoms with Crippen LogP contribution in [-0.2, 0) is 4.74 Å². The number of hydrogen-bond acceptors (Lipinski definition) is 5. The van der Waals surface area contributed by atoms with Crippen molar-refractivity contribution >= 4 is 35.0 Å². The number of nitrogens with one attached hydrogen (secondary N) is 3. The lowest BCUT2D eigenvalue weighted by Gasteiger charge is -2.19. The van der Waals surface area contributed by atoms with E-state index < -0.39 is 23.5 Å². The molecule has 8 heteroatoms. The van der Waals surface area contributed by atoms with Crippen LogP contribution in [0.1, 0.15) is 47.3 Å². The Hall–Kier alpha value is -4.20. The molecule has 0 spiro atoms. The maximum atomic E-state index is 12.6. The van der Waals surface area contributed by atoms with Gasteiger partial charge in [0.15, 0.2) is 0 Å². The molecule has 3 rings (SSSR count). The van der Waals surface area contributed by atoms with Crippen LogP contribution in [-0.4, -0.2) is 28.5 Å². The summed E-state index contributed by atoms with van der Waals surface area (Å²) < 4.78 is 5.21. The molecular formula is C25H26N4O4. The summed E-state index contributed by atoms with van der Waals surface area (Å²) in [4.78, 5) is 41.1. The molecule has 0 aliphatic carbocycles. The second-order valence-electron chi connectivity index (χ2n) is 8.39. The molecule has 8 nitrogen and oxygen atoms in total. The number of carbonyl (C=O) groups is 3. The minimum absolute atomic E-state index is 0.0995. The van der Waals surface area contributed by atoms with Crippen LogP contribution in [0.25, 0.3) is 0 Å². The fourth-order valence-corrected chi connectivity index (χ4v) is 2.77. The molecule has 0 aliphatic rings. The number of anilines is 3. The van der Waals surface area contributed by atoms with Gasteiger partial charge >= 0.3 is 6.09 Å². The molecule has 0 bridgehead atoms. The molecule has 0 fully saturated rings. The molecule has 3 amide bonds. The maximum Gasteiger partial charge on any atom is 0.412 e. The van der Waals surface area contributed by atoms with E-state index in [1.54, 1.807) is 63.2 Å². The molecule has 0 unspecified atom stereocenters. The van der Waals surface area contributed by atoms with Crippen molar-refractivity contribution in [1.82, 2.24) is 4.98 Å². The van der Waals surface area contributed by atoms with Crippen molar-refractivity contribution in [2.75, 3.05) is 16.0 Å². The van der Waals surface area contributed by atoms with Gasteiger partial charge in [0.25, 0.3) is 11.8 Å². The summed E-state index contributed by atoms with van der Waals surface area (Å²) in [5, 5.41) is 8.10. The summed E-state index contributed by atoms with van der Waals surface area (Å²) in [6.07, 6.45) is -0.566. The highest BCUT2D eigenvalue weighted by molar-refractivity contribution is 6.06. The van der Waals surface area contributed by atoms with Crippen molar-refractivity contribution < 1.29 is 19.1 Å². The minimum Gasteiger partial charge on any atom is -0.444 e. The molecule has 1 aromatic heterocycles. The van der Waals surface area contributed by atoms with Gasteiger partial charge in [-0.3, -0.25) is 14.9 Å². The van der Waals surface area contributed by atoms with Crippen molar-refractivity contribution in [3.05, 3.63) is 83.7 Å². The van der Waals surface area contributed by atoms with Gasteiger partial charge in [0.05, 0.1) is 0 Å². The fraction of sp³-hybridized carbons (Fsp3) is 0.200. The summed E-state index contributed by atoms with van der Waals surface area (Å²) in [7, 11) is 0. The number of nitrogens with zero attached hydrogens (tertiary/aromatic N) is 1. The van der Waals surface area contributed by atoms with E-state index in [1.165, 1.54) is 12.1 Å². The Morgan fingerprint density at radius 1 is 0.697 bits per heavy atom. The molecule has 0 radical (unpaired) electrons. The summed E-state index contributed by atoms with van der Waals surface area (Å²) in [5.41, 5.74) is 2.38. The van der Waals surface area contributed by atoms with Crippen LogP contribution in [0.5, 0.6) is 0 Å². The summed E-state index contributed by atoms with van der Waals surface area (Å²) >= 11 is 0. The van der Waals surface area contributed by atoms with Crippen molar-refractivity contribution in [3.8, 4) is 0 Å². The van der Waals surface area contributed by atoms with E-state index in [-0.39, 0.29) is 11.4 Å². The normalized spacial score (nSPS) is 10.8. The number of aryl methyl sites for hydroxylation is 1. The fourth-order valence-electron chi connectivity index (χ4n) is 2.77. The van der Waals surface area contributed by atoms with Gasteiger partial charge in [0.1, 0.15) is 17.0 Å². The number of ether oxygens (including phenoxy) is 1. The van der Waals surface area contributed by atoms with Gasteiger partial charge in [0.2, 0.25) is 0 Å². The van der Waals surface area contributed by atoms with Crippen LogP contribution in [0, 0.1) is 6.92 Å². The van der Waals surface area contributed by atoms with Gasteiger partial charge in [-0.1, -0.05) is 23.8 Å². The average molecular weight is 447 g/mol. The lowest BCUT2D eigenvalue weighted by molar-refractivity contribution is 0.0635. The van der Waals surface area contributed by atoms with Gasteiger partial charge in [-0.05, 0) is 76.2 Å². The maximum absolute atomic E-state index is 12.6. The van der Waals surface area contributed by atoms with Crippen LogP contribution in [0.2, 0.25) is 0 Å². The lowest BCUT2D eigenvalue weighted by Crippen LogP contribution is -2.27. The molecule has 33 heavy (non-hydrogen) atoms. The van der Waals surface area contributed by atoms with Crippen molar-refractivity contribution in [2.45, 2.75) is 33.3 Å². The Balaban J connectivity index is 1.61. The summed E-state index contributed by atoms with van der Waals surface area (Å²) in [6, 6.07) is 18.6. The highest BCUT2D eigenvalue weighted by Gasteiger charge is 2.16. The van der Waals surface area contributed by atoms with Crippen molar-refractivity contribution in [3.63, 3.8) is 0 Å². The Kier molecular flexibility index (Phi) is 7.07. The molecule has 0 saturated carbocycles. The minimum atomic E-state index is -0.601. The van der Waals surface area contributed by atoms with Crippen molar-refractivity contribution in [2.24, 2.45) is 0 Å². The number of aromatic nitrogens is 1. The van der Waals surface area contributed by atoms with Crippen LogP contribution in [0.15, 0.2) is 66.7 Å². The van der Waals surface area contributed by atoms with Crippen LogP contribution in [0.4, 0.5) is 21.9 Å². The number of carbonyl (C=O) groups excluding carboxylic acids is 3. The number of pyridine rings is 1. The molecule has 2 aromatic carbocycles. The monoisotopic (exact) mass is 446 g/mol. The van der Waals surface area contributed by atoms with Crippen molar-refractivity contribution in [1.29, 1.82) is 0 Å². The van der Waals surface area contributed by atoms with Gasteiger partial charge < -0.3 is 15.4 Å². The second kappa shape index (κ2) is 9.95. The quantitative estimate of drug-likeness (QED) is 0.496. The van der Waals surface area contributed by atoms with E-state index in [1.807, 2.05) is 19.1 Å². The van der Waals surface area contributed by atoms with Gasteiger partial charge in [-0.25, -0.2) is 9.78 Å². The topological polar surface area (TPSA) is 109 Å². The standard InChI is InChI=1S/C25H26N4O4/c1-16-8-10-17(11-9-16)26-22(30)20-6-5-7-21(29-20)23(31)27-18-12-14-19(15-13-18)28-24(32)33-25(2,3)4/h5-15H,1-4H3,(H,26,30)(H,27,31)(H,28,32). The van der Waals surface area contributed by atoms with Crippen LogP contribution < -0.4 is 16.0 Å². The van der Waals surface area contributed by atoms with E-state index in [0.29, 0.717) is 17.1 Å². The van der Waals surface area contributed by atoms with Crippen LogP contribution >= 0.6 is 0 Å². The van der Waals surface area contributed by atoms with E-state index >= 15 is 0 Å². The number of amides is 3. The van der Waals surface area contributed by atoms with E-state index in [0.717, 1.165) is 5.56 Å². The Bertz CT molecular complexity index is 1150. The molecule has 0 saturated heterocycles. The lowest BCUT2D eigenvalue weighted by atomic mass is 10.2. The molecule has 1 heterocycles. The zero-order valence-electron chi connectivity index (χ0n) is 18.9. The first kappa shape index (κ1) is 23.5. The Labute approximate surface area is 192 Å². The zero-order chi connectivity index (χ0) is 24.0. The molecule has 0 atom stereocenters. The Morgan fingerprint density at radius 3 is 1.58 bits per heavy atom. The highest BCUT2D eigenvalue weighted by Crippen LogP contribution is 2.16. The zero-order valence-corrected chi connectivity index (χ0v) is 18.9. The SMILES string of the molecule is Cc1ccc(NC(=O)c2cccc(C(=O)Nc3ccc(NC(=O)OC(C)(C)C)cc3)n2)cc1. The smallest absolute Gasteiger partial charge is 0.412 e. The first-order chi connectivity index (χ1) is 15.6. The molecule has 3 aromatic rings. The third-order valence-electron chi connectivity index (χ3n) is 4.31. The summed E-state index contributed by atoms with van der Waals surface area (Å²) in [5.74, 6) is -0.876. The van der Waals surface area contributed by atoms with Gasteiger partial charge in [0, 0.05) is 17.1 Å². The van der Waals surface area contributed by atoms with E-state index in [4.69, 9.17) is 4.74 Å². The Morgan fingerprint density at radius 2 is 1.12 bits per heavy atom. The second-order valence-corrected chi connectivity index (χ2v) is 8.39. The third kappa shape index (κ3) is 7.17. The highest BCUT2D eigenvalue weighted by atomic mass is 16.6. The summed E-state index contributed by atoms with van der Waals surface area (Å²) in [6.45, 7) is 7.29.